The highest BCUT2D eigenvalue weighted by atomic mass is 31.2. The van der Waals surface area contributed by atoms with E-state index in [1.807, 2.05) is 0 Å². The van der Waals surface area contributed by atoms with Crippen molar-refractivity contribution in [1.82, 2.24) is 0 Å². The molecule has 372 valence electrons. The number of unbranched alkanes of at least 4 members (excludes halogenated alkanes) is 25. The van der Waals surface area contributed by atoms with Gasteiger partial charge in [0.1, 0.15) is 6.10 Å². The number of carbonyl (C=O) groups excluding carboxylic acids is 1. The van der Waals surface area contributed by atoms with Gasteiger partial charge in [0, 0.05) is 19.6 Å². The summed E-state index contributed by atoms with van der Waals surface area (Å²) in [6.07, 6.45) is 66.6. The third-order valence-corrected chi connectivity index (χ3v) is 12.1. The van der Waals surface area contributed by atoms with E-state index in [4.69, 9.17) is 24.3 Å². The van der Waals surface area contributed by atoms with Gasteiger partial charge >= 0.3 is 13.8 Å². The van der Waals surface area contributed by atoms with Crippen molar-refractivity contribution in [1.29, 1.82) is 0 Å². The molecule has 0 saturated heterocycles. The summed E-state index contributed by atoms with van der Waals surface area (Å²) in [6, 6.07) is 0. The highest BCUT2D eigenvalue weighted by Crippen LogP contribution is 2.43. The van der Waals surface area contributed by atoms with Crippen LogP contribution in [0, 0.1) is 0 Å². The molecule has 0 bridgehead atoms. The number of phosphoric acid groups is 1. The monoisotopic (exact) mass is 918 g/mol. The molecule has 0 aliphatic heterocycles. The van der Waals surface area contributed by atoms with Crippen LogP contribution in [0.1, 0.15) is 232 Å². The Bertz CT molecular complexity index is 1210. The minimum Gasteiger partial charge on any atom is -0.457 e. The zero-order chi connectivity index (χ0) is 46.5. The van der Waals surface area contributed by atoms with Crippen LogP contribution in [0.2, 0.25) is 0 Å². The van der Waals surface area contributed by atoms with Crippen LogP contribution in [-0.4, -0.2) is 49.9 Å². The van der Waals surface area contributed by atoms with E-state index in [1.54, 1.807) is 0 Å². The molecule has 0 fully saturated rings. The summed E-state index contributed by atoms with van der Waals surface area (Å²) >= 11 is 0. The fraction of sp³-hybridized carbons (Fsp3) is 0.764. The lowest BCUT2D eigenvalue weighted by molar-refractivity contribution is -0.154. The lowest BCUT2D eigenvalue weighted by Gasteiger charge is -2.20. The zero-order valence-electron chi connectivity index (χ0n) is 41.5. The van der Waals surface area contributed by atoms with Gasteiger partial charge in [-0.2, -0.15) is 0 Å². The second-order valence-corrected chi connectivity index (χ2v) is 18.8. The Morgan fingerprint density at radius 1 is 0.484 bits per heavy atom. The minimum atomic E-state index is -4.30. The van der Waals surface area contributed by atoms with Crippen LogP contribution in [0.5, 0.6) is 0 Å². The SMILES string of the molecule is CC/C=C\C/C=C\C/C=C\C/C=C\C/C=C\C/C=C\CCCCCOCC(COP(=O)(O)OCCN)OC(=O)CCCCCCCCCCCCCCCCCCCCCCCCC. The van der Waals surface area contributed by atoms with E-state index in [9.17, 15) is 14.3 Å². The molecular weight excluding hydrogens is 818 g/mol. The van der Waals surface area contributed by atoms with E-state index >= 15 is 0 Å². The van der Waals surface area contributed by atoms with E-state index < -0.39 is 13.9 Å². The standard InChI is InChI=1S/C55H100NO7P/c1-3-5-7-9-11-13-15-17-19-21-23-25-27-28-30-32-34-36-38-40-42-44-46-48-55(57)63-54(53-62-64(58,59)61-51-49-56)52-60-50-47-45-43-41-39-37-35-33-31-29-26-24-22-20-18-16-14-12-10-8-6-4-2/h6,8,12,14,18,20,24,26,31,33,37,39,54H,3-5,7,9-11,13,15-17,19,21-23,25,27-30,32,34-36,38,40-53,56H2,1-2H3,(H,58,59)/b8-6-,14-12-,20-18-,26-24-,33-31-,39-37-. The largest absolute Gasteiger partial charge is 0.472 e. The predicted molar refractivity (Wildman–Crippen MR) is 275 cm³/mol. The first kappa shape index (κ1) is 61.9. The summed E-state index contributed by atoms with van der Waals surface area (Å²) < 4.78 is 33.6. The van der Waals surface area contributed by atoms with Crippen molar-refractivity contribution in [2.75, 3.05) is 33.0 Å². The molecule has 3 N–H and O–H groups in total. The Labute approximate surface area is 395 Å². The summed E-state index contributed by atoms with van der Waals surface area (Å²) in [5, 5.41) is 0. The third-order valence-electron chi connectivity index (χ3n) is 11.1. The molecule has 9 heteroatoms. The molecule has 2 unspecified atom stereocenters. The third kappa shape index (κ3) is 50.9. The van der Waals surface area contributed by atoms with Crippen LogP contribution >= 0.6 is 7.82 Å². The van der Waals surface area contributed by atoms with Gasteiger partial charge in [0.2, 0.25) is 0 Å². The number of esters is 1. The van der Waals surface area contributed by atoms with Crippen molar-refractivity contribution >= 4 is 13.8 Å². The molecule has 0 aromatic carbocycles. The quantitative estimate of drug-likeness (QED) is 0.0268. The van der Waals surface area contributed by atoms with E-state index in [-0.39, 0.29) is 32.3 Å². The van der Waals surface area contributed by atoms with Gasteiger partial charge in [0.05, 0.1) is 19.8 Å². The Morgan fingerprint density at radius 2 is 0.875 bits per heavy atom. The van der Waals surface area contributed by atoms with Crippen molar-refractivity contribution in [2.45, 2.75) is 238 Å². The summed E-state index contributed by atoms with van der Waals surface area (Å²) in [7, 11) is -4.30. The average Bonchev–Trinajstić information content (AvgIpc) is 3.29. The number of hydrogen-bond acceptors (Lipinski definition) is 7. The van der Waals surface area contributed by atoms with Crippen LogP contribution in [0.3, 0.4) is 0 Å². The van der Waals surface area contributed by atoms with Crippen molar-refractivity contribution in [3.05, 3.63) is 72.9 Å². The lowest BCUT2D eigenvalue weighted by atomic mass is 10.0. The summed E-state index contributed by atoms with van der Waals surface area (Å²) in [6.45, 7) is 4.75. The zero-order valence-corrected chi connectivity index (χ0v) is 42.4. The number of rotatable bonds is 50. The maximum atomic E-state index is 12.7. The average molecular weight is 918 g/mol. The van der Waals surface area contributed by atoms with Crippen LogP contribution in [0.15, 0.2) is 72.9 Å². The topological polar surface area (TPSA) is 117 Å². The second-order valence-electron chi connectivity index (χ2n) is 17.4. The molecule has 0 amide bonds. The maximum absolute atomic E-state index is 12.7. The number of carbonyl (C=O) groups is 1. The molecule has 0 radical (unpaired) electrons. The molecule has 0 aliphatic rings. The van der Waals surface area contributed by atoms with Crippen LogP contribution in [-0.2, 0) is 27.9 Å². The van der Waals surface area contributed by atoms with E-state index in [0.717, 1.165) is 83.5 Å². The molecule has 8 nitrogen and oxygen atoms in total. The fourth-order valence-corrected chi connectivity index (χ4v) is 8.06. The van der Waals surface area contributed by atoms with Gasteiger partial charge in [-0.1, -0.05) is 234 Å². The molecule has 0 aliphatic carbocycles. The van der Waals surface area contributed by atoms with E-state index in [1.165, 1.54) is 128 Å². The summed E-state index contributed by atoms with van der Waals surface area (Å²) in [5.41, 5.74) is 5.39. The Hall–Kier alpha value is -2.06. The Balaban J connectivity index is 3.99. The first-order valence-electron chi connectivity index (χ1n) is 26.4. The molecule has 2 atom stereocenters. The lowest BCUT2D eigenvalue weighted by Crippen LogP contribution is -2.28. The summed E-state index contributed by atoms with van der Waals surface area (Å²) in [5.74, 6) is -0.340. The van der Waals surface area contributed by atoms with Gasteiger partial charge in [-0.3, -0.25) is 13.8 Å². The fourth-order valence-electron chi connectivity index (χ4n) is 7.30. The number of hydrogen-bond donors (Lipinski definition) is 2. The molecular formula is C55H100NO7P. The normalized spacial score (nSPS) is 13.9. The molecule has 0 spiro atoms. The maximum Gasteiger partial charge on any atom is 0.472 e. The van der Waals surface area contributed by atoms with Gasteiger partial charge in [0.25, 0.3) is 0 Å². The summed E-state index contributed by atoms with van der Waals surface area (Å²) in [4.78, 5) is 22.6. The highest BCUT2D eigenvalue weighted by Gasteiger charge is 2.25. The van der Waals surface area contributed by atoms with Gasteiger partial charge < -0.3 is 20.1 Å². The number of ether oxygens (including phenoxy) is 2. The first-order valence-corrected chi connectivity index (χ1v) is 27.9. The number of allylic oxidation sites excluding steroid dienone is 12. The van der Waals surface area contributed by atoms with Gasteiger partial charge in [0.15, 0.2) is 0 Å². The van der Waals surface area contributed by atoms with E-state index in [0.29, 0.717) is 13.0 Å². The van der Waals surface area contributed by atoms with Crippen molar-refractivity contribution in [3.63, 3.8) is 0 Å². The van der Waals surface area contributed by atoms with Crippen LogP contribution < -0.4 is 5.73 Å². The molecule has 0 saturated carbocycles. The first-order chi connectivity index (χ1) is 31.4. The van der Waals surface area contributed by atoms with Crippen molar-refractivity contribution < 1.29 is 32.8 Å². The van der Waals surface area contributed by atoms with Crippen LogP contribution in [0.25, 0.3) is 0 Å². The molecule has 0 aromatic rings. The molecule has 64 heavy (non-hydrogen) atoms. The molecule has 0 heterocycles. The smallest absolute Gasteiger partial charge is 0.457 e. The molecule has 0 rings (SSSR count). The minimum absolute atomic E-state index is 0.0924. The van der Waals surface area contributed by atoms with Gasteiger partial charge in [-0.15, -0.1) is 0 Å². The second kappa shape index (κ2) is 51.9. The van der Waals surface area contributed by atoms with Crippen LogP contribution in [0.4, 0.5) is 0 Å². The van der Waals surface area contributed by atoms with Gasteiger partial charge in [-0.05, 0) is 64.2 Å². The Morgan fingerprint density at radius 3 is 1.30 bits per heavy atom. The van der Waals surface area contributed by atoms with Crippen molar-refractivity contribution in [3.8, 4) is 0 Å². The Kier molecular flexibility index (Phi) is 50.2. The van der Waals surface area contributed by atoms with E-state index in [2.05, 4.69) is 86.8 Å². The highest BCUT2D eigenvalue weighted by molar-refractivity contribution is 7.47. The predicted octanol–water partition coefficient (Wildman–Crippen LogP) is 16.6. The number of nitrogens with two attached hydrogens (primary N) is 1. The number of phosphoric ester groups is 1. The van der Waals surface area contributed by atoms with Crippen molar-refractivity contribution in [2.24, 2.45) is 5.73 Å². The molecule has 0 aromatic heterocycles. The van der Waals surface area contributed by atoms with Gasteiger partial charge in [-0.25, -0.2) is 4.57 Å².